The highest BCUT2D eigenvalue weighted by Crippen LogP contribution is 2.27. The predicted octanol–water partition coefficient (Wildman–Crippen LogP) is 2.19. The summed E-state index contributed by atoms with van der Waals surface area (Å²) in [7, 11) is -1.14. The van der Waals surface area contributed by atoms with E-state index in [2.05, 4.69) is 4.90 Å². The molecule has 22 heavy (non-hydrogen) atoms. The van der Waals surface area contributed by atoms with Gasteiger partial charge in [-0.2, -0.15) is 0 Å². The smallest absolute Gasteiger partial charge is 0.423 e. The monoisotopic (exact) mass is 325 g/mol. The van der Waals surface area contributed by atoms with Crippen molar-refractivity contribution in [3.8, 4) is 0 Å². The van der Waals surface area contributed by atoms with Gasteiger partial charge in [0.2, 0.25) is 0 Å². The Balaban J connectivity index is 2.20. The third kappa shape index (κ3) is 3.96. The molecule has 1 aromatic carbocycles. The molecule has 0 atom stereocenters. The number of halogens is 1. The van der Waals surface area contributed by atoms with Gasteiger partial charge in [0.25, 0.3) is 0 Å². The van der Waals surface area contributed by atoms with Gasteiger partial charge in [0.15, 0.2) is 0 Å². The van der Waals surface area contributed by atoms with Gasteiger partial charge in [0, 0.05) is 23.8 Å². The molecule has 0 bridgehead atoms. The van der Waals surface area contributed by atoms with E-state index in [-0.39, 0.29) is 0 Å². The minimum absolute atomic E-state index is 0.572. The van der Waals surface area contributed by atoms with E-state index in [1.165, 1.54) is 12.8 Å². The van der Waals surface area contributed by atoms with E-state index in [9.17, 15) is 10.1 Å². The maximum Gasteiger partial charge on any atom is 0.491 e. The fraction of sp³-hybridized carbons (Fsp3) is 0.625. The predicted molar refractivity (Wildman–Crippen MR) is 92.0 cm³/mol. The quantitative estimate of drug-likeness (QED) is 0.815. The first-order valence-corrected chi connectivity index (χ1v) is 8.12. The molecule has 0 radical (unpaired) electrons. The largest absolute Gasteiger partial charge is 0.491 e. The fourth-order valence-corrected chi connectivity index (χ4v) is 2.63. The van der Waals surface area contributed by atoms with Crippen molar-refractivity contribution in [2.75, 3.05) is 18.0 Å². The summed E-state index contributed by atoms with van der Waals surface area (Å²) in [4.78, 5) is 2.25. The summed E-state index contributed by atoms with van der Waals surface area (Å²) in [5, 5.41) is 21.1. The van der Waals surface area contributed by atoms with Crippen molar-refractivity contribution in [1.82, 2.24) is 0 Å². The van der Waals surface area contributed by atoms with Gasteiger partial charge in [-0.3, -0.25) is 0 Å². The highest BCUT2D eigenvalue weighted by Gasteiger charge is 2.39. The average Bonchev–Trinajstić information content (AvgIpc) is 2.89. The summed E-state index contributed by atoms with van der Waals surface area (Å²) >= 11 is 6.19. The van der Waals surface area contributed by atoms with Gasteiger partial charge in [-0.15, -0.1) is 0 Å². The zero-order valence-corrected chi connectivity index (χ0v) is 14.5. The number of rotatable bonds is 5. The molecule has 1 heterocycles. The minimum atomic E-state index is -1.14. The van der Waals surface area contributed by atoms with E-state index in [4.69, 9.17) is 16.3 Å². The molecule has 1 aliphatic heterocycles. The van der Waals surface area contributed by atoms with Crippen LogP contribution in [0.4, 0.5) is 5.69 Å². The van der Waals surface area contributed by atoms with Crippen LogP contribution in [0.2, 0.25) is 5.02 Å². The molecule has 0 saturated carbocycles. The summed E-state index contributed by atoms with van der Waals surface area (Å²) in [6, 6.07) is 5.51. The van der Waals surface area contributed by atoms with Crippen LogP contribution in [0.25, 0.3) is 0 Å². The van der Waals surface area contributed by atoms with Crippen molar-refractivity contribution in [1.29, 1.82) is 0 Å². The second-order valence-electron chi connectivity index (χ2n) is 6.98. The summed E-state index contributed by atoms with van der Waals surface area (Å²) < 4.78 is 5.69. The molecule has 1 fully saturated rings. The van der Waals surface area contributed by atoms with E-state index in [1.807, 2.05) is 12.1 Å². The molecule has 0 aliphatic carbocycles. The Bertz CT molecular complexity index is 525. The molecule has 2 rings (SSSR count). The topological polar surface area (TPSA) is 52.9 Å². The summed E-state index contributed by atoms with van der Waals surface area (Å²) in [6.45, 7) is 8.84. The number of hydrogen-bond donors (Lipinski definition) is 2. The maximum atomic E-state index is 10.4. The third-order valence-corrected chi connectivity index (χ3v) is 4.76. The van der Waals surface area contributed by atoms with Gasteiger partial charge < -0.3 is 19.7 Å². The SMILES string of the molecule is CC(C)(O)C(C)(C)OB(O)c1cc(Cl)cc(N2CCCC2)c1. The van der Waals surface area contributed by atoms with Crippen molar-refractivity contribution >= 4 is 29.9 Å². The van der Waals surface area contributed by atoms with Gasteiger partial charge in [-0.05, 0) is 64.2 Å². The Morgan fingerprint density at radius 1 is 1.14 bits per heavy atom. The average molecular weight is 326 g/mol. The Morgan fingerprint density at radius 3 is 2.27 bits per heavy atom. The molecule has 0 amide bonds. The van der Waals surface area contributed by atoms with Crippen LogP contribution in [0.15, 0.2) is 18.2 Å². The first kappa shape index (κ1) is 17.6. The summed E-state index contributed by atoms with van der Waals surface area (Å²) in [6.07, 6.45) is 2.35. The molecule has 0 aromatic heterocycles. The van der Waals surface area contributed by atoms with Crippen LogP contribution in [0.5, 0.6) is 0 Å². The highest BCUT2D eigenvalue weighted by atomic mass is 35.5. The molecule has 6 heteroatoms. The number of aliphatic hydroxyl groups is 1. The molecule has 0 spiro atoms. The van der Waals surface area contributed by atoms with Gasteiger partial charge in [-0.25, -0.2) is 0 Å². The highest BCUT2D eigenvalue weighted by molar-refractivity contribution is 6.60. The lowest BCUT2D eigenvalue weighted by Crippen LogP contribution is -2.53. The third-order valence-electron chi connectivity index (χ3n) is 4.54. The van der Waals surface area contributed by atoms with Crippen LogP contribution >= 0.6 is 11.6 Å². The summed E-state index contributed by atoms with van der Waals surface area (Å²) in [5.41, 5.74) is -0.372. The second kappa shape index (κ2) is 6.40. The van der Waals surface area contributed by atoms with E-state index < -0.39 is 18.3 Å². The molecular weight excluding hydrogens is 300 g/mol. The Kier molecular flexibility index (Phi) is 5.12. The number of benzene rings is 1. The van der Waals surface area contributed by atoms with E-state index in [0.29, 0.717) is 10.5 Å². The van der Waals surface area contributed by atoms with Gasteiger partial charge >= 0.3 is 7.12 Å². The molecule has 122 valence electrons. The van der Waals surface area contributed by atoms with Crippen molar-refractivity contribution in [2.24, 2.45) is 0 Å². The van der Waals surface area contributed by atoms with Crippen LogP contribution in [-0.2, 0) is 4.65 Å². The lowest BCUT2D eigenvalue weighted by molar-refractivity contribution is -0.0982. The van der Waals surface area contributed by atoms with Crippen LogP contribution in [0, 0.1) is 0 Å². The van der Waals surface area contributed by atoms with Crippen LogP contribution in [0.3, 0.4) is 0 Å². The number of anilines is 1. The number of hydrogen-bond acceptors (Lipinski definition) is 4. The lowest BCUT2D eigenvalue weighted by atomic mass is 9.76. The van der Waals surface area contributed by atoms with Gasteiger partial charge in [0.1, 0.15) is 0 Å². The van der Waals surface area contributed by atoms with Crippen molar-refractivity contribution < 1.29 is 14.8 Å². The van der Waals surface area contributed by atoms with Crippen molar-refractivity contribution in [2.45, 2.75) is 51.7 Å². The fourth-order valence-electron chi connectivity index (χ4n) is 2.39. The molecule has 1 aliphatic rings. The first-order valence-electron chi connectivity index (χ1n) is 7.74. The lowest BCUT2D eigenvalue weighted by Gasteiger charge is -2.38. The van der Waals surface area contributed by atoms with E-state index in [1.54, 1.807) is 33.8 Å². The first-order chi connectivity index (χ1) is 10.1. The van der Waals surface area contributed by atoms with Crippen molar-refractivity contribution in [3.63, 3.8) is 0 Å². The van der Waals surface area contributed by atoms with Crippen LogP contribution < -0.4 is 10.4 Å². The van der Waals surface area contributed by atoms with Gasteiger partial charge in [-0.1, -0.05) is 11.6 Å². The normalized spacial score (nSPS) is 16.2. The van der Waals surface area contributed by atoms with Crippen LogP contribution in [0.1, 0.15) is 40.5 Å². The zero-order valence-electron chi connectivity index (χ0n) is 13.8. The molecule has 1 aromatic rings. The molecule has 4 nitrogen and oxygen atoms in total. The van der Waals surface area contributed by atoms with Crippen molar-refractivity contribution in [3.05, 3.63) is 23.2 Å². The Labute approximate surface area is 138 Å². The second-order valence-corrected chi connectivity index (χ2v) is 7.41. The Morgan fingerprint density at radius 2 is 1.73 bits per heavy atom. The van der Waals surface area contributed by atoms with Crippen LogP contribution in [-0.4, -0.2) is 41.5 Å². The minimum Gasteiger partial charge on any atom is -0.423 e. The molecule has 2 N–H and O–H groups in total. The number of nitrogens with zero attached hydrogens (tertiary/aromatic N) is 1. The molecular formula is C16H25BClNO3. The standard InChI is InChI=1S/C16H25BClNO3/c1-15(2,20)16(3,4)22-17(21)12-9-13(18)11-14(10-12)19-7-5-6-8-19/h9-11,20-21H,5-8H2,1-4H3. The van der Waals surface area contributed by atoms with E-state index >= 15 is 0 Å². The molecule has 0 unspecified atom stereocenters. The summed E-state index contributed by atoms with van der Waals surface area (Å²) in [5.74, 6) is 0. The zero-order chi connectivity index (χ0) is 16.5. The van der Waals surface area contributed by atoms with E-state index in [0.717, 1.165) is 18.8 Å². The maximum absolute atomic E-state index is 10.4. The Hall–Kier alpha value is -0.745. The van der Waals surface area contributed by atoms with Gasteiger partial charge in [0.05, 0.1) is 11.2 Å². The molecule has 1 saturated heterocycles.